The van der Waals surface area contributed by atoms with E-state index in [-0.39, 0.29) is 12.6 Å². The molecular weight excluding hydrogens is 230 g/mol. The van der Waals surface area contributed by atoms with Crippen LogP contribution in [-0.2, 0) is 11.2 Å². The van der Waals surface area contributed by atoms with E-state index >= 15 is 0 Å². The van der Waals surface area contributed by atoms with Gasteiger partial charge in [0.25, 0.3) is 0 Å². The quantitative estimate of drug-likeness (QED) is 0.730. The van der Waals surface area contributed by atoms with Gasteiger partial charge in [-0.3, -0.25) is 0 Å². The molecule has 0 aliphatic heterocycles. The largest absolute Gasteiger partial charge is 0.450 e. The van der Waals surface area contributed by atoms with E-state index in [1.54, 1.807) is 0 Å². The summed E-state index contributed by atoms with van der Waals surface area (Å²) in [4.78, 5) is 11.4. The highest BCUT2D eigenvalue weighted by atomic mass is 16.5. The summed E-state index contributed by atoms with van der Waals surface area (Å²) >= 11 is 0. The Labute approximate surface area is 108 Å². The Balaban J connectivity index is 2.35. The number of hydrogen-bond donors (Lipinski definition) is 2. The van der Waals surface area contributed by atoms with Crippen LogP contribution in [0.15, 0.2) is 30.3 Å². The molecule has 0 bridgehead atoms. The SMILES string of the molecule is CCCCOC(=O)N[C@H](CO)Cc1ccccc1. The monoisotopic (exact) mass is 251 g/mol. The van der Waals surface area contributed by atoms with Crippen molar-refractivity contribution in [3.63, 3.8) is 0 Å². The van der Waals surface area contributed by atoms with E-state index in [1.807, 2.05) is 37.3 Å². The van der Waals surface area contributed by atoms with Crippen molar-refractivity contribution >= 4 is 6.09 Å². The van der Waals surface area contributed by atoms with Crippen molar-refractivity contribution < 1.29 is 14.6 Å². The highest BCUT2D eigenvalue weighted by Gasteiger charge is 2.12. The van der Waals surface area contributed by atoms with E-state index in [0.29, 0.717) is 13.0 Å². The van der Waals surface area contributed by atoms with Crippen LogP contribution in [0.2, 0.25) is 0 Å². The molecule has 0 aliphatic carbocycles. The second-order valence-corrected chi connectivity index (χ2v) is 4.20. The van der Waals surface area contributed by atoms with E-state index in [1.165, 1.54) is 0 Å². The predicted octanol–water partition coefficient (Wildman–Crippen LogP) is 2.12. The number of nitrogens with one attached hydrogen (secondary N) is 1. The molecule has 0 radical (unpaired) electrons. The first-order valence-corrected chi connectivity index (χ1v) is 6.34. The summed E-state index contributed by atoms with van der Waals surface area (Å²) in [5.74, 6) is 0. The summed E-state index contributed by atoms with van der Waals surface area (Å²) in [5.41, 5.74) is 1.07. The molecule has 0 aliphatic rings. The molecule has 1 aromatic carbocycles. The Hall–Kier alpha value is -1.55. The van der Waals surface area contributed by atoms with Gasteiger partial charge in [-0.1, -0.05) is 43.7 Å². The third-order valence-corrected chi connectivity index (χ3v) is 2.60. The molecule has 2 N–H and O–H groups in total. The maximum absolute atomic E-state index is 11.4. The molecule has 0 heterocycles. The van der Waals surface area contributed by atoms with Gasteiger partial charge in [0.2, 0.25) is 0 Å². The first-order chi connectivity index (χ1) is 8.76. The van der Waals surface area contributed by atoms with Gasteiger partial charge in [-0.05, 0) is 18.4 Å². The Morgan fingerprint density at radius 2 is 2.11 bits per heavy atom. The molecule has 18 heavy (non-hydrogen) atoms. The van der Waals surface area contributed by atoms with Gasteiger partial charge < -0.3 is 15.2 Å². The van der Waals surface area contributed by atoms with Crippen LogP contribution in [0.25, 0.3) is 0 Å². The zero-order chi connectivity index (χ0) is 13.2. The van der Waals surface area contributed by atoms with Crippen LogP contribution in [0, 0.1) is 0 Å². The molecule has 1 rings (SSSR count). The smallest absolute Gasteiger partial charge is 0.407 e. The fourth-order valence-corrected chi connectivity index (χ4v) is 1.58. The summed E-state index contributed by atoms with van der Waals surface area (Å²) in [5, 5.41) is 11.9. The minimum absolute atomic E-state index is 0.0994. The van der Waals surface area contributed by atoms with Crippen molar-refractivity contribution in [3.8, 4) is 0 Å². The fraction of sp³-hybridized carbons (Fsp3) is 0.500. The van der Waals surface area contributed by atoms with E-state index in [4.69, 9.17) is 4.74 Å². The summed E-state index contributed by atoms with van der Waals surface area (Å²) in [6.07, 6.45) is 1.98. The molecule has 4 heteroatoms. The van der Waals surface area contributed by atoms with Crippen molar-refractivity contribution in [1.29, 1.82) is 0 Å². The van der Waals surface area contributed by atoms with Crippen molar-refractivity contribution in [3.05, 3.63) is 35.9 Å². The van der Waals surface area contributed by atoms with E-state index in [0.717, 1.165) is 18.4 Å². The average Bonchev–Trinajstić information content (AvgIpc) is 2.39. The first-order valence-electron chi connectivity index (χ1n) is 6.34. The predicted molar refractivity (Wildman–Crippen MR) is 70.4 cm³/mol. The maximum atomic E-state index is 11.4. The fourth-order valence-electron chi connectivity index (χ4n) is 1.58. The molecule has 4 nitrogen and oxygen atoms in total. The van der Waals surface area contributed by atoms with E-state index in [2.05, 4.69) is 5.32 Å². The normalized spacial score (nSPS) is 11.9. The zero-order valence-electron chi connectivity index (χ0n) is 10.8. The number of carbonyl (C=O) groups is 1. The summed E-state index contributed by atoms with van der Waals surface area (Å²) in [6, 6.07) is 9.43. The number of benzene rings is 1. The number of carbonyl (C=O) groups excluding carboxylic acids is 1. The number of aliphatic hydroxyl groups excluding tert-OH is 1. The topological polar surface area (TPSA) is 58.6 Å². The second-order valence-electron chi connectivity index (χ2n) is 4.20. The third kappa shape index (κ3) is 5.68. The number of ether oxygens (including phenoxy) is 1. The molecule has 0 aromatic heterocycles. The van der Waals surface area contributed by atoms with Crippen LogP contribution in [0.4, 0.5) is 4.79 Å². The second kappa shape index (κ2) is 8.53. The molecule has 1 amide bonds. The maximum Gasteiger partial charge on any atom is 0.407 e. The molecule has 0 saturated heterocycles. The van der Waals surface area contributed by atoms with Crippen molar-refractivity contribution in [2.75, 3.05) is 13.2 Å². The van der Waals surface area contributed by atoms with Crippen LogP contribution in [0.1, 0.15) is 25.3 Å². The molecule has 1 aromatic rings. The zero-order valence-corrected chi connectivity index (χ0v) is 10.8. The minimum atomic E-state index is -0.460. The molecule has 0 unspecified atom stereocenters. The summed E-state index contributed by atoms with van der Waals surface area (Å²) in [7, 11) is 0. The lowest BCUT2D eigenvalue weighted by Gasteiger charge is -2.16. The van der Waals surface area contributed by atoms with Gasteiger partial charge in [0.1, 0.15) is 0 Å². The van der Waals surface area contributed by atoms with Crippen LogP contribution in [0.5, 0.6) is 0 Å². The lowest BCUT2D eigenvalue weighted by atomic mass is 10.1. The van der Waals surface area contributed by atoms with Gasteiger partial charge in [0.05, 0.1) is 19.3 Å². The van der Waals surface area contributed by atoms with Gasteiger partial charge in [-0.25, -0.2) is 4.79 Å². The molecule has 100 valence electrons. The number of unbranched alkanes of at least 4 members (excludes halogenated alkanes) is 1. The average molecular weight is 251 g/mol. The van der Waals surface area contributed by atoms with Gasteiger partial charge in [0, 0.05) is 0 Å². The molecule has 0 saturated carbocycles. The Kier molecular flexibility index (Phi) is 6.87. The first kappa shape index (κ1) is 14.5. The third-order valence-electron chi connectivity index (χ3n) is 2.60. The molecule has 0 spiro atoms. The Bertz CT molecular complexity index is 340. The summed E-state index contributed by atoms with van der Waals surface area (Å²) < 4.78 is 4.99. The van der Waals surface area contributed by atoms with Gasteiger partial charge >= 0.3 is 6.09 Å². The Morgan fingerprint density at radius 3 is 2.72 bits per heavy atom. The molecular formula is C14H21NO3. The van der Waals surface area contributed by atoms with Crippen LogP contribution < -0.4 is 5.32 Å². The standard InChI is InChI=1S/C14H21NO3/c1-2-3-9-18-14(17)15-13(11-16)10-12-7-5-4-6-8-12/h4-8,13,16H,2-3,9-11H2,1H3,(H,15,17)/t13-/m0/s1. The number of alkyl carbamates (subject to hydrolysis) is 1. The highest BCUT2D eigenvalue weighted by molar-refractivity contribution is 5.67. The Morgan fingerprint density at radius 1 is 1.39 bits per heavy atom. The van der Waals surface area contributed by atoms with Crippen LogP contribution in [0.3, 0.4) is 0 Å². The summed E-state index contributed by atoms with van der Waals surface area (Å²) in [6.45, 7) is 2.36. The van der Waals surface area contributed by atoms with Crippen molar-refractivity contribution in [1.82, 2.24) is 5.32 Å². The van der Waals surface area contributed by atoms with E-state index < -0.39 is 6.09 Å². The van der Waals surface area contributed by atoms with Crippen molar-refractivity contribution in [2.45, 2.75) is 32.2 Å². The number of amides is 1. The number of rotatable bonds is 7. The number of hydrogen-bond acceptors (Lipinski definition) is 3. The van der Waals surface area contributed by atoms with Crippen LogP contribution in [-0.4, -0.2) is 30.5 Å². The van der Waals surface area contributed by atoms with Gasteiger partial charge in [0.15, 0.2) is 0 Å². The van der Waals surface area contributed by atoms with Crippen LogP contribution >= 0.6 is 0 Å². The highest BCUT2D eigenvalue weighted by Crippen LogP contribution is 2.03. The lowest BCUT2D eigenvalue weighted by Crippen LogP contribution is -2.39. The van der Waals surface area contributed by atoms with Gasteiger partial charge in [-0.2, -0.15) is 0 Å². The minimum Gasteiger partial charge on any atom is -0.450 e. The van der Waals surface area contributed by atoms with E-state index in [9.17, 15) is 9.90 Å². The molecule has 0 fully saturated rings. The number of aliphatic hydroxyl groups is 1. The van der Waals surface area contributed by atoms with Crippen molar-refractivity contribution in [2.24, 2.45) is 0 Å². The lowest BCUT2D eigenvalue weighted by molar-refractivity contribution is 0.134. The molecule has 1 atom stereocenters. The van der Waals surface area contributed by atoms with Gasteiger partial charge in [-0.15, -0.1) is 0 Å².